The SMILES string of the molecule is O=C(NC1CCCc2c1cnn2-c1cccc(O)c1)c1ccccn1. The summed E-state index contributed by atoms with van der Waals surface area (Å²) in [7, 11) is 0. The molecule has 0 fully saturated rings. The van der Waals surface area contributed by atoms with Crippen molar-refractivity contribution >= 4 is 5.91 Å². The average Bonchev–Trinajstić information content (AvgIpc) is 3.07. The lowest BCUT2D eigenvalue weighted by Crippen LogP contribution is -2.31. The lowest BCUT2D eigenvalue weighted by atomic mass is 9.92. The van der Waals surface area contributed by atoms with Crippen LogP contribution in [0.5, 0.6) is 5.75 Å². The number of phenols is 1. The third-order valence-electron chi connectivity index (χ3n) is 4.46. The third kappa shape index (κ3) is 2.98. The number of nitrogens with one attached hydrogen (secondary N) is 1. The quantitative estimate of drug-likeness (QED) is 0.772. The topological polar surface area (TPSA) is 80.0 Å². The van der Waals surface area contributed by atoms with Gasteiger partial charge in [0.1, 0.15) is 11.4 Å². The molecule has 1 aliphatic rings. The number of carbonyl (C=O) groups is 1. The molecule has 0 bridgehead atoms. The molecule has 1 unspecified atom stereocenters. The normalized spacial score (nSPS) is 16.2. The molecular weight excluding hydrogens is 316 g/mol. The number of pyridine rings is 1. The number of hydrogen-bond donors (Lipinski definition) is 2. The molecule has 1 aromatic carbocycles. The van der Waals surface area contributed by atoms with Gasteiger partial charge in [-0.25, -0.2) is 4.68 Å². The minimum absolute atomic E-state index is 0.0793. The van der Waals surface area contributed by atoms with Gasteiger partial charge in [0, 0.05) is 23.5 Å². The molecule has 0 aliphatic heterocycles. The average molecular weight is 334 g/mol. The maximum absolute atomic E-state index is 12.4. The van der Waals surface area contributed by atoms with Crippen LogP contribution in [0.1, 0.15) is 40.6 Å². The molecule has 2 aromatic heterocycles. The van der Waals surface area contributed by atoms with Gasteiger partial charge in [-0.15, -0.1) is 0 Å². The molecule has 2 heterocycles. The molecule has 3 aromatic rings. The first-order chi connectivity index (χ1) is 12.2. The maximum atomic E-state index is 12.4. The van der Waals surface area contributed by atoms with Gasteiger partial charge in [0.25, 0.3) is 5.91 Å². The van der Waals surface area contributed by atoms with E-state index in [1.807, 2.05) is 16.9 Å². The standard InChI is InChI=1S/C19H18N4O2/c24-14-6-3-5-13(11-14)23-18-9-4-8-16(15(18)12-21-23)22-19(25)17-7-1-2-10-20-17/h1-3,5-7,10-12,16,24H,4,8-9H2,(H,22,25). The summed E-state index contributed by atoms with van der Waals surface area (Å²) < 4.78 is 1.84. The molecule has 0 spiro atoms. The molecule has 0 radical (unpaired) electrons. The largest absolute Gasteiger partial charge is 0.508 e. The molecule has 6 nitrogen and oxygen atoms in total. The molecular formula is C19H18N4O2. The van der Waals surface area contributed by atoms with Crippen molar-refractivity contribution in [1.29, 1.82) is 0 Å². The van der Waals surface area contributed by atoms with E-state index in [1.165, 1.54) is 0 Å². The van der Waals surface area contributed by atoms with Crippen molar-refractivity contribution in [2.75, 3.05) is 0 Å². The van der Waals surface area contributed by atoms with Crippen molar-refractivity contribution < 1.29 is 9.90 Å². The Morgan fingerprint density at radius 1 is 1.24 bits per heavy atom. The van der Waals surface area contributed by atoms with E-state index >= 15 is 0 Å². The van der Waals surface area contributed by atoms with Crippen LogP contribution in [0.15, 0.2) is 54.9 Å². The minimum atomic E-state index is -0.177. The van der Waals surface area contributed by atoms with E-state index in [0.717, 1.165) is 36.2 Å². The number of hydrogen-bond acceptors (Lipinski definition) is 4. The van der Waals surface area contributed by atoms with Gasteiger partial charge >= 0.3 is 0 Å². The van der Waals surface area contributed by atoms with E-state index in [9.17, 15) is 9.90 Å². The Hall–Kier alpha value is -3.15. The molecule has 25 heavy (non-hydrogen) atoms. The van der Waals surface area contributed by atoms with Crippen molar-refractivity contribution in [2.45, 2.75) is 25.3 Å². The van der Waals surface area contributed by atoms with Crippen LogP contribution in [0.3, 0.4) is 0 Å². The fourth-order valence-corrected chi connectivity index (χ4v) is 3.28. The second kappa shape index (κ2) is 6.39. The van der Waals surface area contributed by atoms with Gasteiger partial charge in [-0.05, 0) is 43.5 Å². The van der Waals surface area contributed by atoms with E-state index in [-0.39, 0.29) is 17.7 Å². The smallest absolute Gasteiger partial charge is 0.270 e. The highest BCUT2D eigenvalue weighted by atomic mass is 16.3. The number of rotatable bonds is 3. The van der Waals surface area contributed by atoms with E-state index in [0.29, 0.717) is 5.69 Å². The molecule has 0 saturated heterocycles. The molecule has 2 N–H and O–H groups in total. The summed E-state index contributed by atoms with van der Waals surface area (Å²) in [5, 5.41) is 17.2. The zero-order valence-electron chi connectivity index (χ0n) is 13.6. The van der Waals surface area contributed by atoms with Gasteiger partial charge < -0.3 is 10.4 Å². The van der Waals surface area contributed by atoms with Crippen molar-refractivity contribution in [3.63, 3.8) is 0 Å². The van der Waals surface area contributed by atoms with Gasteiger partial charge in [0.05, 0.1) is 17.9 Å². The number of nitrogens with zero attached hydrogens (tertiary/aromatic N) is 3. The van der Waals surface area contributed by atoms with E-state index < -0.39 is 0 Å². The van der Waals surface area contributed by atoms with Crippen LogP contribution >= 0.6 is 0 Å². The summed E-state index contributed by atoms with van der Waals surface area (Å²) in [5.74, 6) is 0.0288. The summed E-state index contributed by atoms with van der Waals surface area (Å²) in [6.45, 7) is 0. The van der Waals surface area contributed by atoms with Crippen LogP contribution in [0.4, 0.5) is 0 Å². The van der Waals surface area contributed by atoms with Crippen LogP contribution in [0.25, 0.3) is 5.69 Å². The van der Waals surface area contributed by atoms with Gasteiger partial charge in [0.15, 0.2) is 0 Å². The number of fused-ring (bicyclic) bond motifs is 1. The highest BCUT2D eigenvalue weighted by Crippen LogP contribution is 2.31. The molecule has 0 saturated carbocycles. The highest BCUT2D eigenvalue weighted by Gasteiger charge is 2.26. The van der Waals surface area contributed by atoms with E-state index in [4.69, 9.17) is 0 Å². The summed E-state index contributed by atoms with van der Waals surface area (Å²) in [5.41, 5.74) is 3.33. The number of aromatic nitrogens is 3. The van der Waals surface area contributed by atoms with Crippen molar-refractivity contribution in [2.24, 2.45) is 0 Å². The zero-order chi connectivity index (χ0) is 17.2. The predicted molar refractivity (Wildman–Crippen MR) is 92.6 cm³/mol. The fraction of sp³-hybridized carbons (Fsp3) is 0.211. The van der Waals surface area contributed by atoms with Crippen LogP contribution < -0.4 is 5.32 Å². The van der Waals surface area contributed by atoms with Gasteiger partial charge in [0.2, 0.25) is 0 Å². The molecule has 126 valence electrons. The van der Waals surface area contributed by atoms with Crippen LogP contribution in [0.2, 0.25) is 0 Å². The van der Waals surface area contributed by atoms with Gasteiger partial charge in [-0.3, -0.25) is 9.78 Å². The zero-order valence-corrected chi connectivity index (χ0v) is 13.6. The monoisotopic (exact) mass is 334 g/mol. The Kier molecular flexibility index (Phi) is 3.93. The van der Waals surface area contributed by atoms with Gasteiger partial charge in [-0.2, -0.15) is 5.10 Å². The van der Waals surface area contributed by atoms with Crippen molar-refractivity contribution in [3.05, 3.63) is 71.8 Å². The first-order valence-corrected chi connectivity index (χ1v) is 8.30. The first-order valence-electron chi connectivity index (χ1n) is 8.30. The highest BCUT2D eigenvalue weighted by molar-refractivity contribution is 5.92. The molecule has 1 atom stereocenters. The lowest BCUT2D eigenvalue weighted by molar-refractivity contribution is 0.0927. The Morgan fingerprint density at radius 2 is 2.16 bits per heavy atom. The Bertz CT molecular complexity index is 905. The Labute approximate surface area is 145 Å². The van der Waals surface area contributed by atoms with E-state index in [2.05, 4.69) is 15.4 Å². The lowest BCUT2D eigenvalue weighted by Gasteiger charge is -2.24. The molecule has 1 amide bonds. The molecule has 4 rings (SSSR count). The first kappa shape index (κ1) is 15.4. The minimum Gasteiger partial charge on any atom is -0.508 e. The maximum Gasteiger partial charge on any atom is 0.270 e. The van der Waals surface area contributed by atoms with Crippen LogP contribution in [-0.2, 0) is 6.42 Å². The number of phenolic OH excluding ortho intramolecular Hbond substituents is 1. The number of aromatic hydroxyl groups is 1. The summed E-state index contributed by atoms with van der Waals surface area (Å²) in [6.07, 6.45) is 6.14. The predicted octanol–water partition coefficient (Wildman–Crippen LogP) is 2.78. The van der Waals surface area contributed by atoms with Crippen molar-refractivity contribution in [1.82, 2.24) is 20.1 Å². The Morgan fingerprint density at radius 3 is 2.96 bits per heavy atom. The van der Waals surface area contributed by atoms with Crippen molar-refractivity contribution in [3.8, 4) is 11.4 Å². The van der Waals surface area contributed by atoms with Gasteiger partial charge in [-0.1, -0.05) is 12.1 Å². The summed E-state index contributed by atoms with van der Waals surface area (Å²) >= 11 is 0. The Balaban J connectivity index is 1.62. The number of benzene rings is 1. The number of amides is 1. The number of carbonyl (C=O) groups excluding carboxylic acids is 1. The second-order valence-corrected chi connectivity index (χ2v) is 6.11. The molecule has 1 aliphatic carbocycles. The summed E-state index contributed by atoms with van der Waals surface area (Å²) in [6, 6.07) is 12.2. The molecule has 6 heteroatoms. The van der Waals surface area contributed by atoms with E-state index in [1.54, 1.807) is 42.6 Å². The fourth-order valence-electron chi connectivity index (χ4n) is 3.28. The third-order valence-corrected chi connectivity index (χ3v) is 4.46. The van der Waals surface area contributed by atoms with Crippen LogP contribution in [0, 0.1) is 0 Å². The second-order valence-electron chi connectivity index (χ2n) is 6.11. The summed E-state index contributed by atoms with van der Waals surface area (Å²) in [4.78, 5) is 16.5. The van der Waals surface area contributed by atoms with Crippen LogP contribution in [-0.4, -0.2) is 25.8 Å².